The van der Waals surface area contributed by atoms with Crippen LogP contribution in [0, 0.1) is 0 Å². The van der Waals surface area contributed by atoms with Crippen molar-refractivity contribution in [2.45, 2.75) is 26.2 Å². The Bertz CT molecular complexity index is 727. The van der Waals surface area contributed by atoms with Crippen LogP contribution in [-0.4, -0.2) is 37.1 Å². The maximum atomic E-state index is 11.8. The number of rotatable bonds is 6. The molecule has 1 aromatic carbocycles. The number of halogens is 1. The lowest BCUT2D eigenvalue weighted by Gasteiger charge is -2.36. The van der Waals surface area contributed by atoms with Crippen molar-refractivity contribution in [2.24, 2.45) is 0 Å². The average Bonchev–Trinajstić information content (AvgIpc) is 2.67. The Morgan fingerprint density at radius 2 is 1.92 bits per heavy atom. The Hall–Kier alpha value is -2.27. The van der Waals surface area contributed by atoms with Crippen molar-refractivity contribution in [3.05, 3.63) is 47.6 Å². The molecule has 1 aliphatic heterocycles. The van der Waals surface area contributed by atoms with Gasteiger partial charge >= 0.3 is 0 Å². The Morgan fingerprint density at radius 3 is 2.58 bits per heavy atom. The summed E-state index contributed by atoms with van der Waals surface area (Å²) in [6, 6.07) is 11.9. The molecule has 0 unspecified atom stereocenters. The number of nitrogens with zero attached hydrogens (tertiary/aromatic N) is 3. The molecule has 0 bridgehead atoms. The van der Waals surface area contributed by atoms with E-state index in [2.05, 4.69) is 33.1 Å². The fourth-order valence-electron chi connectivity index (χ4n) is 3.07. The summed E-state index contributed by atoms with van der Waals surface area (Å²) in [4.78, 5) is 20.9. The van der Waals surface area contributed by atoms with Crippen LogP contribution in [0.15, 0.2) is 42.6 Å². The molecule has 5 nitrogen and oxygen atoms in total. The molecule has 0 atom stereocenters. The zero-order chi connectivity index (χ0) is 18.4. The summed E-state index contributed by atoms with van der Waals surface area (Å²) in [6.07, 6.45) is 4.23. The first-order valence-corrected chi connectivity index (χ1v) is 9.55. The maximum Gasteiger partial charge on any atom is 0.224 e. The Morgan fingerprint density at radius 1 is 1.15 bits per heavy atom. The standard InChI is InChI=1S/C20H25ClN4O/c1-2-3-7-20(26)23-17-8-9-19(22-15-17)25-12-10-24(11-13-25)18-6-4-5-16(21)14-18/h4-6,8-9,14-15H,2-3,7,10-13H2,1H3,(H,23,26). The maximum absolute atomic E-state index is 11.8. The second kappa shape index (κ2) is 8.90. The molecule has 2 heterocycles. The van der Waals surface area contributed by atoms with E-state index in [1.807, 2.05) is 30.3 Å². The summed E-state index contributed by atoms with van der Waals surface area (Å²) < 4.78 is 0. The van der Waals surface area contributed by atoms with E-state index in [1.54, 1.807) is 6.20 Å². The van der Waals surface area contributed by atoms with Crippen LogP contribution in [0.1, 0.15) is 26.2 Å². The molecule has 3 rings (SSSR count). The number of piperazine rings is 1. The first-order valence-electron chi connectivity index (χ1n) is 9.17. The number of carbonyl (C=O) groups is 1. The summed E-state index contributed by atoms with van der Waals surface area (Å²) in [5.41, 5.74) is 1.92. The number of hydrogen-bond acceptors (Lipinski definition) is 4. The predicted molar refractivity (Wildman–Crippen MR) is 108 cm³/mol. The lowest BCUT2D eigenvalue weighted by molar-refractivity contribution is -0.116. The Balaban J connectivity index is 1.54. The zero-order valence-corrected chi connectivity index (χ0v) is 15.9. The molecular weight excluding hydrogens is 348 g/mol. The van der Waals surface area contributed by atoms with Gasteiger partial charge in [0, 0.05) is 43.3 Å². The molecule has 1 aliphatic rings. The number of amides is 1. The van der Waals surface area contributed by atoms with Crippen LogP contribution in [-0.2, 0) is 4.79 Å². The SMILES string of the molecule is CCCCC(=O)Nc1ccc(N2CCN(c3cccc(Cl)c3)CC2)nc1. The molecule has 0 aliphatic carbocycles. The van der Waals surface area contributed by atoms with E-state index < -0.39 is 0 Å². The van der Waals surface area contributed by atoms with E-state index in [0.717, 1.165) is 61.2 Å². The number of unbranched alkanes of at least 4 members (excludes halogenated alkanes) is 1. The van der Waals surface area contributed by atoms with E-state index in [-0.39, 0.29) is 5.91 Å². The predicted octanol–water partition coefficient (Wildman–Crippen LogP) is 4.19. The molecule has 0 saturated carbocycles. The molecule has 1 amide bonds. The largest absolute Gasteiger partial charge is 0.368 e. The minimum atomic E-state index is 0.0523. The first kappa shape index (κ1) is 18.5. The number of carbonyl (C=O) groups excluding carboxylic acids is 1. The highest BCUT2D eigenvalue weighted by Gasteiger charge is 2.18. The van der Waals surface area contributed by atoms with Crippen molar-refractivity contribution in [3.8, 4) is 0 Å². The fraction of sp³-hybridized carbons (Fsp3) is 0.400. The lowest BCUT2D eigenvalue weighted by atomic mass is 10.2. The third kappa shape index (κ3) is 4.88. The summed E-state index contributed by atoms with van der Waals surface area (Å²) in [5, 5.41) is 3.67. The number of nitrogens with one attached hydrogen (secondary N) is 1. The van der Waals surface area contributed by atoms with Gasteiger partial charge < -0.3 is 15.1 Å². The van der Waals surface area contributed by atoms with Crippen molar-refractivity contribution in [1.82, 2.24) is 4.98 Å². The number of anilines is 3. The van der Waals surface area contributed by atoms with Gasteiger partial charge in [-0.2, -0.15) is 0 Å². The third-order valence-corrected chi connectivity index (χ3v) is 4.80. The molecule has 1 aromatic heterocycles. The average molecular weight is 373 g/mol. The van der Waals surface area contributed by atoms with E-state index in [9.17, 15) is 4.79 Å². The summed E-state index contributed by atoms with van der Waals surface area (Å²) >= 11 is 6.09. The third-order valence-electron chi connectivity index (χ3n) is 4.57. The van der Waals surface area contributed by atoms with Gasteiger partial charge in [0.2, 0.25) is 5.91 Å². The molecule has 6 heteroatoms. The monoisotopic (exact) mass is 372 g/mol. The van der Waals surface area contributed by atoms with E-state index >= 15 is 0 Å². The molecular formula is C20H25ClN4O. The van der Waals surface area contributed by atoms with Crippen molar-refractivity contribution in [3.63, 3.8) is 0 Å². The molecule has 1 saturated heterocycles. The minimum Gasteiger partial charge on any atom is -0.368 e. The lowest BCUT2D eigenvalue weighted by Crippen LogP contribution is -2.46. The highest BCUT2D eigenvalue weighted by atomic mass is 35.5. The van der Waals surface area contributed by atoms with Gasteiger partial charge in [0.25, 0.3) is 0 Å². The summed E-state index contributed by atoms with van der Waals surface area (Å²) in [5.74, 6) is 0.999. The first-order chi connectivity index (χ1) is 12.7. The van der Waals surface area contributed by atoms with Gasteiger partial charge in [-0.05, 0) is 36.8 Å². The molecule has 138 valence electrons. The molecule has 2 aromatic rings. The highest BCUT2D eigenvalue weighted by Crippen LogP contribution is 2.22. The normalized spacial score (nSPS) is 14.4. The highest BCUT2D eigenvalue weighted by molar-refractivity contribution is 6.30. The Labute approximate surface area is 160 Å². The van der Waals surface area contributed by atoms with Gasteiger partial charge in [-0.25, -0.2) is 4.98 Å². The zero-order valence-electron chi connectivity index (χ0n) is 15.1. The summed E-state index contributed by atoms with van der Waals surface area (Å²) in [6.45, 7) is 5.74. The van der Waals surface area contributed by atoms with Gasteiger partial charge in [0.1, 0.15) is 5.82 Å². The van der Waals surface area contributed by atoms with Gasteiger partial charge in [0.15, 0.2) is 0 Å². The van der Waals surface area contributed by atoms with Crippen LogP contribution in [0.2, 0.25) is 5.02 Å². The second-order valence-corrected chi connectivity index (χ2v) is 6.95. The number of hydrogen-bond donors (Lipinski definition) is 1. The van der Waals surface area contributed by atoms with Crippen molar-refractivity contribution in [1.29, 1.82) is 0 Å². The van der Waals surface area contributed by atoms with Gasteiger partial charge in [-0.3, -0.25) is 4.79 Å². The van der Waals surface area contributed by atoms with E-state index in [0.29, 0.717) is 6.42 Å². The van der Waals surface area contributed by atoms with E-state index in [1.165, 1.54) is 0 Å². The number of benzene rings is 1. The number of pyridine rings is 1. The minimum absolute atomic E-state index is 0.0523. The van der Waals surface area contributed by atoms with Crippen LogP contribution in [0.25, 0.3) is 0 Å². The molecule has 1 N–H and O–H groups in total. The van der Waals surface area contributed by atoms with Crippen LogP contribution in [0.3, 0.4) is 0 Å². The molecule has 0 spiro atoms. The number of aromatic nitrogens is 1. The van der Waals surface area contributed by atoms with Gasteiger partial charge in [0.05, 0.1) is 11.9 Å². The molecule has 1 fully saturated rings. The Kier molecular flexibility index (Phi) is 6.34. The smallest absolute Gasteiger partial charge is 0.224 e. The van der Waals surface area contributed by atoms with Gasteiger partial charge in [-0.15, -0.1) is 0 Å². The van der Waals surface area contributed by atoms with Crippen molar-refractivity contribution in [2.75, 3.05) is 41.3 Å². The topological polar surface area (TPSA) is 48.5 Å². The van der Waals surface area contributed by atoms with Gasteiger partial charge in [-0.1, -0.05) is 31.0 Å². The van der Waals surface area contributed by atoms with Crippen LogP contribution in [0.4, 0.5) is 17.2 Å². The summed E-state index contributed by atoms with van der Waals surface area (Å²) in [7, 11) is 0. The molecule has 26 heavy (non-hydrogen) atoms. The molecule has 0 radical (unpaired) electrons. The van der Waals surface area contributed by atoms with Crippen molar-refractivity contribution >= 4 is 34.7 Å². The van der Waals surface area contributed by atoms with Crippen molar-refractivity contribution < 1.29 is 4.79 Å². The van der Waals surface area contributed by atoms with E-state index in [4.69, 9.17) is 11.6 Å². The van der Waals surface area contributed by atoms with Crippen LogP contribution in [0.5, 0.6) is 0 Å². The van der Waals surface area contributed by atoms with Crippen LogP contribution < -0.4 is 15.1 Å². The quantitative estimate of drug-likeness (QED) is 0.825. The van der Waals surface area contributed by atoms with Crippen LogP contribution >= 0.6 is 11.6 Å². The second-order valence-electron chi connectivity index (χ2n) is 6.51. The fourth-order valence-corrected chi connectivity index (χ4v) is 3.26.